The number of halogens is 1. The molecular weight excluding hydrogens is 173 g/mol. The van der Waals surface area contributed by atoms with Gasteiger partial charge >= 0.3 is 0 Å². The van der Waals surface area contributed by atoms with Gasteiger partial charge in [-0.05, 0) is 25.2 Å². The number of rotatable bonds is 3. The molecule has 0 saturated heterocycles. The van der Waals surface area contributed by atoms with Crippen LogP contribution in [0.15, 0.2) is 18.2 Å². The summed E-state index contributed by atoms with van der Waals surface area (Å²) < 4.78 is 12.7. The Bertz CT molecular complexity index is 291. The number of nitrogens with one attached hydrogen (secondary N) is 1. The van der Waals surface area contributed by atoms with Gasteiger partial charge in [0, 0.05) is 12.1 Å². The van der Waals surface area contributed by atoms with Gasteiger partial charge in [-0.2, -0.15) is 0 Å². The molecule has 13 heavy (non-hydrogen) atoms. The van der Waals surface area contributed by atoms with Gasteiger partial charge in [-0.15, -0.1) is 0 Å². The Labute approximate surface area is 75.8 Å². The van der Waals surface area contributed by atoms with Crippen molar-refractivity contribution in [2.24, 2.45) is 0 Å². The minimum Gasteiger partial charge on any atom is -0.508 e. The van der Waals surface area contributed by atoms with E-state index in [1.165, 1.54) is 6.07 Å². The van der Waals surface area contributed by atoms with Gasteiger partial charge in [0.1, 0.15) is 11.6 Å². The maximum atomic E-state index is 12.7. The van der Waals surface area contributed by atoms with Gasteiger partial charge in [-0.3, -0.25) is 0 Å². The molecule has 72 valence electrons. The van der Waals surface area contributed by atoms with E-state index >= 15 is 0 Å². The van der Waals surface area contributed by atoms with Gasteiger partial charge < -0.3 is 15.5 Å². The van der Waals surface area contributed by atoms with Gasteiger partial charge in [-0.1, -0.05) is 0 Å². The fraction of sp³-hybridized carbons (Fsp3) is 0.333. The second-order valence-corrected chi connectivity index (χ2v) is 2.78. The molecule has 0 heterocycles. The zero-order chi connectivity index (χ0) is 9.84. The second-order valence-electron chi connectivity index (χ2n) is 2.78. The molecule has 0 fully saturated rings. The minimum atomic E-state index is -0.888. The molecule has 1 rings (SSSR count). The average Bonchev–Trinajstić information content (AvgIpc) is 2.09. The van der Waals surface area contributed by atoms with E-state index < -0.39 is 11.9 Å². The summed E-state index contributed by atoms with van der Waals surface area (Å²) in [6, 6.07) is 3.49. The average molecular weight is 185 g/mol. The maximum absolute atomic E-state index is 12.7. The first-order valence-corrected chi connectivity index (χ1v) is 3.96. The van der Waals surface area contributed by atoms with E-state index in [1.54, 1.807) is 7.05 Å². The summed E-state index contributed by atoms with van der Waals surface area (Å²) in [7, 11) is 1.67. The molecule has 0 saturated carbocycles. The molecule has 1 aromatic carbocycles. The highest BCUT2D eigenvalue weighted by molar-refractivity contribution is 5.34. The lowest BCUT2D eigenvalue weighted by Gasteiger charge is -2.11. The summed E-state index contributed by atoms with van der Waals surface area (Å²) in [6.45, 7) is 0.275. The van der Waals surface area contributed by atoms with E-state index in [9.17, 15) is 14.6 Å². The van der Waals surface area contributed by atoms with E-state index in [0.29, 0.717) is 0 Å². The zero-order valence-corrected chi connectivity index (χ0v) is 7.29. The van der Waals surface area contributed by atoms with E-state index in [0.717, 1.165) is 12.1 Å². The molecule has 1 unspecified atom stereocenters. The van der Waals surface area contributed by atoms with Crippen molar-refractivity contribution in [1.29, 1.82) is 0 Å². The highest BCUT2D eigenvalue weighted by Crippen LogP contribution is 2.24. The van der Waals surface area contributed by atoms with Crippen LogP contribution in [0.3, 0.4) is 0 Å². The van der Waals surface area contributed by atoms with E-state index in [1.807, 2.05) is 0 Å². The topological polar surface area (TPSA) is 52.5 Å². The molecule has 0 aliphatic carbocycles. The normalized spacial score (nSPS) is 12.8. The molecule has 0 radical (unpaired) electrons. The number of benzene rings is 1. The number of likely N-dealkylation sites (N-methyl/N-ethyl adjacent to an activating group) is 1. The molecule has 0 bridgehead atoms. The van der Waals surface area contributed by atoms with Crippen molar-refractivity contribution >= 4 is 0 Å². The number of phenols is 1. The zero-order valence-electron chi connectivity index (χ0n) is 7.29. The van der Waals surface area contributed by atoms with Crippen LogP contribution in [0.1, 0.15) is 11.7 Å². The Kier molecular flexibility index (Phi) is 3.22. The number of aliphatic hydroxyl groups excluding tert-OH is 1. The van der Waals surface area contributed by atoms with Gasteiger partial charge in [-0.25, -0.2) is 4.39 Å². The molecule has 0 amide bonds. The Hall–Kier alpha value is -1.13. The molecule has 1 atom stereocenters. The molecule has 3 N–H and O–H groups in total. The summed E-state index contributed by atoms with van der Waals surface area (Å²) in [4.78, 5) is 0. The number of phenolic OH excluding ortho intramolecular Hbond substituents is 1. The van der Waals surface area contributed by atoms with Crippen molar-refractivity contribution in [3.8, 4) is 5.75 Å². The van der Waals surface area contributed by atoms with Crippen LogP contribution in [0.2, 0.25) is 0 Å². The van der Waals surface area contributed by atoms with Crippen LogP contribution in [0.4, 0.5) is 4.39 Å². The standard InChI is InChI=1S/C9H12FNO2/c1-11-5-9(13)7-4-6(10)2-3-8(7)12/h2-4,9,11-13H,5H2,1H3. The van der Waals surface area contributed by atoms with E-state index in [2.05, 4.69) is 5.32 Å². The summed E-state index contributed by atoms with van der Waals surface area (Å²) in [5.41, 5.74) is 0.203. The van der Waals surface area contributed by atoms with Gasteiger partial charge in [0.05, 0.1) is 6.10 Å². The summed E-state index contributed by atoms with van der Waals surface area (Å²) in [5, 5.41) is 21.4. The maximum Gasteiger partial charge on any atom is 0.123 e. The number of aliphatic hydroxyl groups is 1. The third kappa shape index (κ3) is 2.40. The molecule has 0 aliphatic rings. The number of aromatic hydroxyl groups is 1. The molecule has 0 spiro atoms. The smallest absolute Gasteiger partial charge is 0.123 e. The fourth-order valence-electron chi connectivity index (χ4n) is 1.10. The molecule has 0 aromatic heterocycles. The molecule has 0 aliphatic heterocycles. The molecule has 3 nitrogen and oxygen atoms in total. The SMILES string of the molecule is CNCC(O)c1cc(F)ccc1O. The minimum absolute atomic E-state index is 0.0934. The Morgan fingerprint density at radius 3 is 2.85 bits per heavy atom. The first-order valence-electron chi connectivity index (χ1n) is 3.96. The predicted molar refractivity (Wildman–Crippen MR) is 47.0 cm³/mol. The van der Waals surface area contributed by atoms with E-state index in [4.69, 9.17) is 0 Å². The first kappa shape index (κ1) is 9.95. The molecule has 4 heteroatoms. The first-order chi connectivity index (χ1) is 6.15. The third-order valence-electron chi connectivity index (χ3n) is 1.75. The second kappa shape index (κ2) is 4.20. The lowest BCUT2D eigenvalue weighted by Crippen LogP contribution is -2.16. The highest BCUT2D eigenvalue weighted by atomic mass is 19.1. The summed E-state index contributed by atoms with van der Waals surface area (Å²) in [5.74, 6) is -0.563. The van der Waals surface area contributed by atoms with Gasteiger partial charge in [0.15, 0.2) is 0 Å². The van der Waals surface area contributed by atoms with Crippen molar-refractivity contribution in [1.82, 2.24) is 5.32 Å². The van der Waals surface area contributed by atoms with Crippen molar-refractivity contribution < 1.29 is 14.6 Å². The Morgan fingerprint density at radius 2 is 2.23 bits per heavy atom. The van der Waals surface area contributed by atoms with Crippen molar-refractivity contribution in [3.05, 3.63) is 29.6 Å². The van der Waals surface area contributed by atoms with Crippen LogP contribution in [-0.4, -0.2) is 23.8 Å². The molecular formula is C9H12FNO2. The summed E-state index contributed by atoms with van der Waals surface area (Å²) >= 11 is 0. The predicted octanol–water partition coefficient (Wildman–Crippen LogP) is 0.784. The Morgan fingerprint density at radius 1 is 1.54 bits per heavy atom. The molecule has 1 aromatic rings. The lowest BCUT2D eigenvalue weighted by atomic mass is 10.1. The fourth-order valence-corrected chi connectivity index (χ4v) is 1.10. The van der Waals surface area contributed by atoms with E-state index in [-0.39, 0.29) is 17.9 Å². The van der Waals surface area contributed by atoms with Crippen molar-refractivity contribution in [2.45, 2.75) is 6.10 Å². The Balaban J connectivity index is 2.91. The van der Waals surface area contributed by atoms with Crippen molar-refractivity contribution in [3.63, 3.8) is 0 Å². The monoisotopic (exact) mass is 185 g/mol. The number of hydrogen-bond donors (Lipinski definition) is 3. The number of hydrogen-bond acceptors (Lipinski definition) is 3. The quantitative estimate of drug-likeness (QED) is 0.652. The van der Waals surface area contributed by atoms with Crippen LogP contribution in [0.5, 0.6) is 5.75 Å². The van der Waals surface area contributed by atoms with Crippen LogP contribution in [-0.2, 0) is 0 Å². The van der Waals surface area contributed by atoms with Crippen LogP contribution >= 0.6 is 0 Å². The lowest BCUT2D eigenvalue weighted by molar-refractivity contribution is 0.173. The summed E-state index contributed by atoms with van der Waals surface area (Å²) in [6.07, 6.45) is -0.888. The largest absolute Gasteiger partial charge is 0.508 e. The third-order valence-corrected chi connectivity index (χ3v) is 1.75. The highest BCUT2D eigenvalue weighted by Gasteiger charge is 2.11. The van der Waals surface area contributed by atoms with Gasteiger partial charge in [0.25, 0.3) is 0 Å². The van der Waals surface area contributed by atoms with Crippen LogP contribution in [0.25, 0.3) is 0 Å². The van der Waals surface area contributed by atoms with Crippen LogP contribution in [0, 0.1) is 5.82 Å². The van der Waals surface area contributed by atoms with Crippen molar-refractivity contribution in [2.75, 3.05) is 13.6 Å². The van der Waals surface area contributed by atoms with Gasteiger partial charge in [0.2, 0.25) is 0 Å². The van der Waals surface area contributed by atoms with Crippen LogP contribution < -0.4 is 5.32 Å².